The number of carbonyl (C=O) groups is 2. The van der Waals surface area contributed by atoms with Crippen molar-refractivity contribution in [1.29, 1.82) is 0 Å². The van der Waals surface area contributed by atoms with Gasteiger partial charge < -0.3 is 19.8 Å². The molecule has 1 aromatic heterocycles. The fourth-order valence-corrected chi connectivity index (χ4v) is 3.54. The summed E-state index contributed by atoms with van der Waals surface area (Å²) in [5, 5.41) is 6.26. The van der Waals surface area contributed by atoms with Crippen LogP contribution in [-0.2, 0) is 4.74 Å². The first-order valence-electron chi connectivity index (χ1n) is 10.3. The van der Waals surface area contributed by atoms with Crippen LogP contribution < -0.4 is 10.6 Å². The van der Waals surface area contributed by atoms with E-state index in [9.17, 15) is 14.0 Å². The van der Waals surface area contributed by atoms with Crippen LogP contribution in [-0.4, -0.2) is 56.1 Å². The second kappa shape index (κ2) is 9.72. The Morgan fingerprint density at radius 3 is 2.68 bits per heavy atom. The fraction of sp³-hybridized carbons (Fsp3) is 0.304. The van der Waals surface area contributed by atoms with E-state index in [2.05, 4.69) is 15.5 Å². The number of nitrogens with one attached hydrogen (secondary N) is 2. The number of halogens is 1. The van der Waals surface area contributed by atoms with Gasteiger partial charge in [0.15, 0.2) is 0 Å². The topological polar surface area (TPSA) is 83.8 Å². The molecule has 8 heteroatoms. The Balaban J connectivity index is 1.34. The highest BCUT2D eigenvalue weighted by Crippen LogP contribution is 2.19. The van der Waals surface area contributed by atoms with Gasteiger partial charge in [-0.1, -0.05) is 0 Å². The van der Waals surface area contributed by atoms with Gasteiger partial charge >= 0.3 is 0 Å². The molecule has 2 N–H and O–H groups in total. The molecule has 2 amide bonds. The summed E-state index contributed by atoms with van der Waals surface area (Å²) < 4.78 is 24.7. The van der Waals surface area contributed by atoms with Crippen LogP contribution in [0.25, 0.3) is 11.0 Å². The number of carbonyl (C=O) groups excluding carboxylic acids is 2. The lowest BCUT2D eigenvalue weighted by atomic mass is 10.1. The maximum atomic E-state index is 14.1. The third-order valence-electron chi connectivity index (χ3n) is 5.17. The van der Waals surface area contributed by atoms with E-state index >= 15 is 0 Å². The number of rotatable bonds is 7. The second-order valence-corrected chi connectivity index (χ2v) is 7.42. The van der Waals surface area contributed by atoms with E-state index in [-0.39, 0.29) is 17.2 Å². The summed E-state index contributed by atoms with van der Waals surface area (Å²) in [4.78, 5) is 27.3. The molecule has 3 aromatic rings. The predicted octanol–water partition coefficient (Wildman–Crippen LogP) is 3.28. The Labute approximate surface area is 179 Å². The Hall–Kier alpha value is -3.23. The molecule has 162 valence electrons. The zero-order chi connectivity index (χ0) is 21.6. The molecule has 0 aliphatic carbocycles. The van der Waals surface area contributed by atoms with Crippen LogP contribution in [0.4, 0.5) is 10.1 Å². The van der Waals surface area contributed by atoms with Gasteiger partial charge in [0.05, 0.1) is 19.5 Å². The number of hydrogen-bond donors (Lipinski definition) is 2. The maximum Gasteiger partial charge on any atom is 0.255 e. The molecule has 0 unspecified atom stereocenters. The van der Waals surface area contributed by atoms with Crippen molar-refractivity contribution in [2.45, 2.75) is 6.42 Å². The van der Waals surface area contributed by atoms with Gasteiger partial charge in [-0.2, -0.15) is 0 Å². The summed E-state index contributed by atoms with van der Waals surface area (Å²) in [6, 6.07) is 10.6. The second-order valence-electron chi connectivity index (χ2n) is 7.42. The molecule has 0 saturated carbocycles. The Morgan fingerprint density at radius 1 is 1.00 bits per heavy atom. The van der Waals surface area contributed by atoms with Crippen molar-refractivity contribution in [3.8, 4) is 0 Å². The van der Waals surface area contributed by atoms with Gasteiger partial charge in [-0.15, -0.1) is 0 Å². The van der Waals surface area contributed by atoms with Gasteiger partial charge in [0.1, 0.15) is 11.4 Å². The predicted molar refractivity (Wildman–Crippen MR) is 115 cm³/mol. The monoisotopic (exact) mass is 425 g/mol. The summed E-state index contributed by atoms with van der Waals surface area (Å²) in [7, 11) is 0. The highest BCUT2D eigenvalue weighted by molar-refractivity contribution is 6.06. The van der Waals surface area contributed by atoms with E-state index in [1.807, 2.05) is 0 Å². The SMILES string of the molecule is O=C(NCCCN1CCOCC1)c1cc(F)cc(NC(=O)c2ccc3occc3c2)c1. The quantitative estimate of drug-likeness (QED) is 0.568. The van der Waals surface area contributed by atoms with E-state index in [1.54, 1.807) is 30.5 Å². The normalized spacial score (nSPS) is 14.5. The van der Waals surface area contributed by atoms with Crippen molar-refractivity contribution < 1.29 is 23.1 Å². The number of benzene rings is 2. The molecule has 2 aromatic carbocycles. The molecule has 0 radical (unpaired) electrons. The van der Waals surface area contributed by atoms with Crippen LogP contribution in [0.5, 0.6) is 0 Å². The van der Waals surface area contributed by atoms with Crippen LogP contribution >= 0.6 is 0 Å². The zero-order valence-corrected chi connectivity index (χ0v) is 17.0. The summed E-state index contributed by atoms with van der Waals surface area (Å²) >= 11 is 0. The van der Waals surface area contributed by atoms with Crippen LogP contribution in [0, 0.1) is 5.82 Å². The van der Waals surface area contributed by atoms with Crippen molar-refractivity contribution >= 4 is 28.5 Å². The molecular weight excluding hydrogens is 401 g/mol. The van der Waals surface area contributed by atoms with Crippen LogP contribution in [0.3, 0.4) is 0 Å². The average molecular weight is 425 g/mol. The lowest BCUT2D eigenvalue weighted by molar-refractivity contribution is 0.0374. The van der Waals surface area contributed by atoms with Crippen molar-refractivity contribution in [1.82, 2.24) is 10.2 Å². The molecule has 1 aliphatic heterocycles. The Morgan fingerprint density at radius 2 is 1.84 bits per heavy atom. The van der Waals surface area contributed by atoms with E-state index in [0.717, 1.165) is 50.7 Å². The number of morpholine rings is 1. The number of amides is 2. The van der Waals surface area contributed by atoms with Crippen LogP contribution in [0.1, 0.15) is 27.1 Å². The third-order valence-corrected chi connectivity index (χ3v) is 5.17. The zero-order valence-electron chi connectivity index (χ0n) is 17.0. The maximum absolute atomic E-state index is 14.1. The first-order chi connectivity index (χ1) is 15.1. The Kier molecular flexibility index (Phi) is 6.59. The standard InChI is InChI=1S/C23H24FN3O4/c24-19-13-18(22(28)25-5-1-6-27-7-10-30-11-8-27)14-20(15-19)26-23(29)17-2-3-21-16(12-17)4-9-31-21/h2-4,9,12-15H,1,5-8,10-11H2,(H,25,28)(H,26,29). The average Bonchev–Trinajstić information content (AvgIpc) is 3.25. The van der Waals surface area contributed by atoms with E-state index in [0.29, 0.717) is 17.7 Å². The molecule has 1 saturated heterocycles. The highest BCUT2D eigenvalue weighted by Gasteiger charge is 2.13. The van der Waals surface area contributed by atoms with Gasteiger partial charge in [0.2, 0.25) is 0 Å². The first-order valence-corrected chi connectivity index (χ1v) is 10.3. The summed E-state index contributed by atoms with van der Waals surface area (Å²) in [6.07, 6.45) is 2.34. The molecular formula is C23H24FN3O4. The van der Waals surface area contributed by atoms with Crippen LogP contribution in [0.2, 0.25) is 0 Å². The number of furan rings is 1. The lowest BCUT2D eigenvalue weighted by Gasteiger charge is -2.26. The summed E-state index contributed by atoms with van der Waals surface area (Å²) in [6.45, 7) is 4.62. The minimum atomic E-state index is -0.596. The van der Waals surface area contributed by atoms with E-state index in [4.69, 9.17) is 9.15 Å². The smallest absolute Gasteiger partial charge is 0.255 e. The largest absolute Gasteiger partial charge is 0.464 e. The van der Waals surface area contributed by atoms with Crippen LogP contribution in [0.15, 0.2) is 53.1 Å². The summed E-state index contributed by atoms with van der Waals surface area (Å²) in [5.41, 5.74) is 1.46. The Bertz CT molecular complexity index is 1080. The number of fused-ring (bicyclic) bond motifs is 1. The lowest BCUT2D eigenvalue weighted by Crippen LogP contribution is -2.38. The molecule has 31 heavy (non-hydrogen) atoms. The third kappa shape index (κ3) is 5.48. The molecule has 2 heterocycles. The van der Waals surface area contributed by atoms with Gasteiger partial charge in [0.25, 0.3) is 11.8 Å². The molecule has 4 rings (SSSR count). The molecule has 1 aliphatic rings. The van der Waals surface area contributed by atoms with Gasteiger partial charge in [-0.25, -0.2) is 4.39 Å². The number of ether oxygens (including phenoxy) is 1. The van der Waals surface area contributed by atoms with Gasteiger partial charge in [-0.05, 0) is 55.4 Å². The molecule has 0 spiro atoms. The van der Waals surface area contributed by atoms with Crippen molar-refractivity contribution in [3.63, 3.8) is 0 Å². The van der Waals surface area contributed by atoms with E-state index in [1.165, 1.54) is 12.1 Å². The highest BCUT2D eigenvalue weighted by atomic mass is 19.1. The van der Waals surface area contributed by atoms with Crippen molar-refractivity contribution in [2.24, 2.45) is 0 Å². The van der Waals surface area contributed by atoms with Crippen molar-refractivity contribution in [2.75, 3.05) is 44.7 Å². The summed E-state index contributed by atoms with van der Waals surface area (Å²) in [5.74, 6) is -1.37. The fourth-order valence-electron chi connectivity index (χ4n) is 3.54. The number of anilines is 1. The van der Waals surface area contributed by atoms with E-state index < -0.39 is 11.7 Å². The van der Waals surface area contributed by atoms with Gasteiger partial charge in [-0.3, -0.25) is 14.5 Å². The molecule has 0 atom stereocenters. The number of nitrogens with zero attached hydrogens (tertiary/aromatic N) is 1. The molecule has 7 nitrogen and oxygen atoms in total. The first kappa shape index (κ1) is 21.0. The number of hydrogen-bond acceptors (Lipinski definition) is 5. The van der Waals surface area contributed by atoms with Crippen molar-refractivity contribution in [3.05, 3.63) is 65.7 Å². The minimum absolute atomic E-state index is 0.159. The molecule has 0 bridgehead atoms. The minimum Gasteiger partial charge on any atom is -0.464 e. The molecule has 1 fully saturated rings. The van der Waals surface area contributed by atoms with Gasteiger partial charge in [0, 0.05) is 41.8 Å².